The molecule has 66 valence electrons. The number of hydrogen-bond acceptors (Lipinski definition) is 2. The largest absolute Gasteiger partial charge is 0.398 e. The van der Waals surface area contributed by atoms with E-state index in [0.29, 0.717) is 0 Å². The molecule has 0 aliphatic carbocycles. The topological polar surface area (TPSA) is 38.9 Å². The lowest BCUT2D eigenvalue weighted by atomic mass is 10.1. The van der Waals surface area contributed by atoms with E-state index in [9.17, 15) is 0 Å². The summed E-state index contributed by atoms with van der Waals surface area (Å²) < 4.78 is 0. The molecule has 0 aliphatic rings. The van der Waals surface area contributed by atoms with Crippen molar-refractivity contribution in [2.24, 2.45) is 0 Å². The Labute approximate surface area is 77.4 Å². The van der Waals surface area contributed by atoms with Crippen LogP contribution in [0.1, 0.15) is 11.3 Å². The summed E-state index contributed by atoms with van der Waals surface area (Å²) in [6.45, 7) is 3.99. The zero-order valence-electron chi connectivity index (χ0n) is 7.83. The Bertz CT molecular complexity index is 461. The molecular weight excluding hydrogens is 160 g/mol. The van der Waals surface area contributed by atoms with Crippen molar-refractivity contribution in [3.63, 3.8) is 0 Å². The number of nitrogens with two attached hydrogens (primary N) is 1. The van der Waals surface area contributed by atoms with Crippen LogP contribution >= 0.6 is 0 Å². The molecule has 0 saturated carbocycles. The fourth-order valence-electron chi connectivity index (χ4n) is 1.40. The first-order valence-electron chi connectivity index (χ1n) is 4.30. The second kappa shape index (κ2) is 2.73. The number of aryl methyl sites for hydroxylation is 2. The first-order chi connectivity index (χ1) is 6.16. The van der Waals surface area contributed by atoms with Crippen LogP contribution in [0.2, 0.25) is 0 Å². The van der Waals surface area contributed by atoms with Gasteiger partial charge in [0.15, 0.2) is 0 Å². The maximum Gasteiger partial charge on any atom is 0.0709 e. The maximum atomic E-state index is 5.80. The summed E-state index contributed by atoms with van der Waals surface area (Å²) in [5.74, 6) is 0. The highest BCUT2D eigenvalue weighted by Gasteiger charge is 1.98. The van der Waals surface area contributed by atoms with Gasteiger partial charge < -0.3 is 5.73 Å². The van der Waals surface area contributed by atoms with Crippen molar-refractivity contribution in [3.8, 4) is 0 Å². The van der Waals surface area contributed by atoms with Gasteiger partial charge in [-0.05, 0) is 37.6 Å². The normalized spacial score (nSPS) is 10.6. The van der Waals surface area contributed by atoms with Gasteiger partial charge in [0.05, 0.1) is 5.52 Å². The lowest BCUT2D eigenvalue weighted by molar-refractivity contribution is 1.25. The number of benzene rings is 1. The van der Waals surface area contributed by atoms with Crippen molar-refractivity contribution in [2.45, 2.75) is 13.8 Å². The van der Waals surface area contributed by atoms with Crippen molar-refractivity contribution in [1.29, 1.82) is 0 Å². The number of hydrogen-bond donors (Lipinski definition) is 1. The quantitative estimate of drug-likeness (QED) is 0.620. The van der Waals surface area contributed by atoms with Crippen LogP contribution in [0.3, 0.4) is 0 Å². The number of aromatic nitrogens is 1. The first-order valence-corrected chi connectivity index (χ1v) is 4.30. The minimum atomic E-state index is 0.832. The predicted molar refractivity (Wildman–Crippen MR) is 55.6 cm³/mol. The predicted octanol–water partition coefficient (Wildman–Crippen LogP) is 2.43. The Morgan fingerprint density at radius 3 is 2.69 bits per heavy atom. The van der Waals surface area contributed by atoms with E-state index in [0.717, 1.165) is 27.8 Å². The summed E-state index contributed by atoms with van der Waals surface area (Å²) >= 11 is 0. The Morgan fingerprint density at radius 1 is 1.15 bits per heavy atom. The molecule has 2 heteroatoms. The standard InChI is InChI=1S/C11H12N2/c1-7-5-11-9(6-10(7)12)4-3-8(2)13-11/h3-6H,12H2,1-2H3. The first kappa shape index (κ1) is 8.05. The van der Waals surface area contributed by atoms with E-state index < -0.39 is 0 Å². The van der Waals surface area contributed by atoms with Gasteiger partial charge in [-0.15, -0.1) is 0 Å². The van der Waals surface area contributed by atoms with Crippen molar-refractivity contribution < 1.29 is 0 Å². The zero-order chi connectivity index (χ0) is 9.42. The molecule has 1 aromatic heterocycles. The van der Waals surface area contributed by atoms with E-state index in [-0.39, 0.29) is 0 Å². The Balaban J connectivity index is 2.81. The number of rotatable bonds is 0. The lowest BCUT2D eigenvalue weighted by Gasteiger charge is -2.03. The van der Waals surface area contributed by atoms with E-state index in [1.165, 1.54) is 0 Å². The minimum absolute atomic E-state index is 0.832. The summed E-state index contributed by atoms with van der Waals surface area (Å²) in [5, 5.41) is 1.11. The minimum Gasteiger partial charge on any atom is -0.398 e. The number of fused-ring (bicyclic) bond motifs is 1. The van der Waals surface area contributed by atoms with Crippen LogP contribution < -0.4 is 5.73 Å². The Hall–Kier alpha value is -1.57. The van der Waals surface area contributed by atoms with Crippen LogP contribution in [0.15, 0.2) is 24.3 Å². The lowest BCUT2D eigenvalue weighted by Crippen LogP contribution is -1.91. The third-order valence-electron chi connectivity index (χ3n) is 2.22. The van der Waals surface area contributed by atoms with Crippen molar-refractivity contribution in [1.82, 2.24) is 4.98 Å². The van der Waals surface area contributed by atoms with E-state index in [1.54, 1.807) is 0 Å². The molecule has 0 radical (unpaired) electrons. The van der Waals surface area contributed by atoms with Gasteiger partial charge in [0, 0.05) is 16.8 Å². The summed E-state index contributed by atoms with van der Waals surface area (Å²) in [6.07, 6.45) is 0. The van der Waals surface area contributed by atoms with Gasteiger partial charge in [0.25, 0.3) is 0 Å². The Morgan fingerprint density at radius 2 is 1.92 bits per heavy atom. The zero-order valence-corrected chi connectivity index (χ0v) is 7.83. The highest BCUT2D eigenvalue weighted by molar-refractivity contribution is 5.83. The van der Waals surface area contributed by atoms with Crippen LogP contribution in [0, 0.1) is 13.8 Å². The molecule has 0 fully saturated rings. The maximum absolute atomic E-state index is 5.80. The molecule has 0 atom stereocenters. The molecule has 0 unspecified atom stereocenters. The van der Waals surface area contributed by atoms with Crippen LogP contribution in [-0.4, -0.2) is 4.98 Å². The third-order valence-corrected chi connectivity index (χ3v) is 2.22. The molecular formula is C11H12N2. The molecule has 2 nitrogen and oxygen atoms in total. The van der Waals surface area contributed by atoms with Crippen LogP contribution in [0.5, 0.6) is 0 Å². The summed E-state index contributed by atoms with van der Waals surface area (Å²) in [5.41, 5.74) is 9.78. The molecule has 1 aromatic carbocycles. The summed E-state index contributed by atoms with van der Waals surface area (Å²) in [4.78, 5) is 4.42. The number of nitrogens with zero attached hydrogens (tertiary/aromatic N) is 1. The molecule has 2 N–H and O–H groups in total. The van der Waals surface area contributed by atoms with Gasteiger partial charge in [0.1, 0.15) is 0 Å². The average molecular weight is 172 g/mol. The summed E-state index contributed by atoms with van der Waals surface area (Å²) in [6, 6.07) is 8.04. The fourth-order valence-corrected chi connectivity index (χ4v) is 1.40. The molecule has 0 saturated heterocycles. The molecule has 0 aliphatic heterocycles. The highest BCUT2D eigenvalue weighted by atomic mass is 14.7. The van der Waals surface area contributed by atoms with Crippen LogP contribution in [0.25, 0.3) is 10.9 Å². The van der Waals surface area contributed by atoms with Crippen molar-refractivity contribution in [2.75, 3.05) is 5.73 Å². The van der Waals surface area contributed by atoms with Gasteiger partial charge in [-0.25, -0.2) is 0 Å². The molecule has 13 heavy (non-hydrogen) atoms. The molecule has 0 bridgehead atoms. The number of pyridine rings is 1. The van der Waals surface area contributed by atoms with E-state index in [4.69, 9.17) is 5.73 Å². The molecule has 2 aromatic rings. The smallest absolute Gasteiger partial charge is 0.0709 e. The van der Waals surface area contributed by atoms with E-state index >= 15 is 0 Å². The average Bonchev–Trinajstić information content (AvgIpc) is 2.08. The van der Waals surface area contributed by atoms with Gasteiger partial charge in [0.2, 0.25) is 0 Å². The molecule has 1 heterocycles. The monoisotopic (exact) mass is 172 g/mol. The van der Waals surface area contributed by atoms with Crippen LogP contribution in [0.4, 0.5) is 5.69 Å². The SMILES string of the molecule is Cc1ccc2cc(N)c(C)cc2n1. The Kier molecular flexibility index (Phi) is 1.69. The van der Waals surface area contributed by atoms with Gasteiger partial charge in [-0.1, -0.05) is 6.07 Å². The van der Waals surface area contributed by atoms with Crippen molar-refractivity contribution in [3.05, 3.63) is 35.5 Å². The molecule has 0 amide bonds. The third kappa shape index (κ3) is 1.35. The second-order valence-corrected chi connectivity index (χ2v) is 3.35. The van der Waals surface area contributed by atoms with Crippen molar-refractivity contribution >= 4 is 16.6 Å². The van der Waals surface area contributed by atoms with Gasteiger partial charge in [-0.3, -0.25) is 4.98 Å². The summed E-state index contributed by atoms with van der Waals surface area (Å²) in [7, 11) is 0. The number of anilines is 1. The van der Waals surface area contributed by atoms with Gasteiger partial charge >= 0.3 is 0 Å². The van der Waals surface area contributed by atoms with Gasteiger partial charge in [-0.2, -0.15) is 0 Å². The van der Waals surface area contributed by atoms with Crippen LogP contribution in [-0.2, 0) is 0 Å². The molecule has 0 spiro atoms. The number of nitrogen functional groups attached to an aromatic ring is 1. The highest BCUT2D eigenvalue weighted by Crippen LogP contribution is 2.19. The van der Waals surface area contributed by atoms with E-state index in [1.807, 2.05) is 38.1 Å². The molecule has 2 rings (SSSR count). The fraction of sp³-hybridized carbons (Fsp3) is 0.182. The van der Waals surface area contributed by atoms with E-state index in [2.05, 4.69) is 4.98 Å². The second-order valence-electron chi connectivity index (χ2n) is 3.35.